The van der Waals surface area contributed by atoms with Crippen LogP contribution in [0.4, 0.5) is 0 Å². The van der Waals surface area contributed by atoms with Gasteiger partial charge >= 0.3 is 0 Å². The van der Waals surface area contributed by atoms with Crippen LogP contribution >= 0.6 is 0 Å². The van der Waals surface area contributed by atoms with Crippen molar-refractivity contribution in [1.82, 2.24) is 4.57 Å². The summed E-state index contributed by atoms with van der Waals surface area (Å²) in [6.07, 6.45) is 0. The summed E-state index contributed by atoms with van der Waals surface area (Å²) < 4.78 is 8.14. The predicted octanol–water partition coefficient (Wildman–Crippen LogP) is 3.80. The second-order valence-electron chi connectivity index (χ2n) is 4.89. The van der Waals surface area contributed by atoms with Gasteiger partial charge in [-0.1, -0.05) is 17.7 Å². The number of nitrogens with zero attached hydrogens (tertiary/aromatic N) is 1. The molecule has 0 spiro atoms. The van der Waals surface area contributed by atoms with Gasteiger partial charge in [0.1, 0.15) is 12.4 Å². The van der Waals surface area contributed by atoms with Crippen LogP contribution in [0.2, 0.25) is 0 Å². The van der Waals surface area contributed by atoms with E-state index in [0.717, 1.165) is 12.3 Å². The van der Waals surface area contributed by atoms with Crippen molar-refractivity contribution in [3.05, 3.63) is 52.8 Å². The first kappa shape index (κ1) is 12.7. The first-order chi connectivity index (χ1) is 8.58. The van der Waals surface area contributed by atoms with Crippen molar-refractivity contribution in [3.63, 3.8) is 0 Å². The van der Waals surface area contributed by atoms with Crippen molar-refractivity contribution < 1.29 is 4.74 Å². The minimum absolute atomic E-state index is 0.709. The van der Waals surface area contributed by atoms with Crippen molar-refractivity contribution in [2.24, 2.45) is 0 Å². The Morgan fingerprint density at radius 1 is 0.944 bits per heavy atom. The largest absolute Gasteiger partial charge is 0.491 e. The van der Waals surface area contributed by atoms with Crippen molar-refractivity contribution in [1.29, 1.82) is 0 Å². The molecule has 1 heterocycles. The number of aromatic nitrogens is 1. The van der Waals surface area contributed by atoms with Crippen molar-refractivity contribution >= 4 is 0 Å². The summed E-state index contributed by atoms with van der Waals surface area (Å²) in [7, 11) is 0. The Balaban J connectivity index is 1.96. The van der Waals surface area contributed by atoms with Gasteiger partial charge in [-0.2, -0.15) is 0 Å². The zero-order valence-electron chi connectivity index (χ0n) is 11.7. The molecule has 2 heteroatoms. The Morgan fingerprint density at radius 3 is 2.22 bits per heavy atom. The van der Waals surface area contributed by atoms with Crippen LogP contribution in [0.3, 0.4) is 0 Å². The van der Waals surface area contributed by atoms with Crippen LogP contribution < -0.4 is 4.74 Å². The summed E-state index contributed by atoms with van der Waals surface area (Å²) >= 11 is 0. The Hall–Kier alpha value is -1.70. The number of hydrogen-bond acceptors (Lipinski definition) is 1. The SMILES string of the molecule is Cc1ccc(OCCn2c(C)ccc2C)c(C)c1. The molecule has 0 saturated carbocycles. The predicted molar refractivity (Wildman–Crippen MR) is 75.3 cm³/mol. The molecule has 0 amide bonds. The van der Waals surface area contributed by atoms with E-state index in [-0.39, 0.29) is 0 Å². The molecule has 2 rings (SSSR count). The lowest BCUT2D eigenvalue weighted by Gasteiger charge is -2.12. The monoisotopic (exact) mass is 243 g/mol. The zero-order chi connectivity index (χ0) is 13.1. The molecule has 0 radical (unpaired) electrons. The quantitative estimate of drug-likeness (QED) is 0.796. The Morgan fingerprint density at radius 2 is 1.61 bits per heavy atom. The molecule has 0 fully saturated rings. The highest BCUT2D eigenvalue weighted by Gasteiger charge is 2.02. The maximum atomic E-state index is 5.85. The Labute approximate surface area is 109 Å². The van der Waals surface area contributed by atoms with Gasteiger partial charge in [-0.05, 0) is 51.5 Å². The average Bonchev–Trinajstić information content (AvgIpc) is 2.63. The van der Waals surface area contributed by atoms with E-state index in [1.54, 1.807) is 0 Å². The van der Waals surface area contributed by atoms with Crippen LogP contribution in [-0.2, 0) is 6.54 Å². The zero-order valence-corrected chi connectivity index (χ0v) is 11.7. The minimum Gasteiger partial charge on any atom is -0.491 e. The number of rotatable bonds is 4. The minimum atomic E-state index is 0.709. The third kappa shape index (κ3) is 2.76. The highest BCUT2D eigenvalue weighted by atomic mass is 16.5. The summed E-state index contributed by atoms with van der Waals surface area (Å²) in [5, 5.41) is 0. The van der Waals surface area contributed by atoms with Gasteiger partial charge in [0.2, 0.25) is 0 Å². The normalized spacial score (nSPS) is 10.7. The molecule has 0 N–H and O–H groups in total. The smallest absolute Gasteiger partial charge is 0.122 e. The van der Waals surface area contributed by atoms with Crippen molar-refractivity contribution in [2.45, 2.75) is 34.2 Å². The third-order valence-corrected chi connectivity index (χ3v) is 3.32. The maximum absolute atomic E-state index is 5.85. The lowest BCUT2D eigenvalue weighted by atomic mass is 10.1. The van der Waals surface area contributed by atoms with E-state index in [4.69, 9.17) is 4.74 Å². The van der Waals surface area contributed by atoms with Gasteiger partial charge in [-0.15, -0.1) is 0 Å². The van der Waals surface area contributed by atoms with Crippen molar-refractivity contribution in [2.75, 3.05) is 6.61 Å². The molecule has 1 aromatic heterocycles. The summed E-state index contributed by atoms with van der Waals surface area (Å²) in [5.41, 5.74) is 5.06. The Bertz CT molecular complexity index is 521. The van der Waals surface area contributed by atoms with E-state index < -0.39 is 0 Å². The molecule has 0 aliphatic carbocycles. The van der Waals surface area contributed by atoms with Crippen LogP contribution in [0.5, 0.6) is 5.75 Å². The lowest BCUT2D eigenvalue weighted by molar-refractivity contribution is 0.294. The molecule has 2 aromatic rings. The van der Waals surface area contributed by atoms with Gasteiger partial charge in [0.25, 0.3) is 0 Å². The summed E-state index contributed by atoms with van der Waals surface area (Å²) in [5.74, 6) is 0.989. The van der Waals surface area contributed by atoms with E-state index in [2.05, 4.69) is 62.6 Å². The van der Waals surface area contributed by atoms with Gasteiger partial charge in [-0.25, -0.2) is 0 Å². The first-order valence-corrected chi connectivity index (χ1v) is 6.40. The van der Waals surface area contributed by atoms with Gasteiger partial charge in [-0.3, -0.25) is 0 Å². The van der Waals surface area contributed by atoms with Crippen LogP contribution in [-0.4, -0.2) is 11.2 Å². The summed E-state index contributed by atoms with van der Waals surface area (Å²) in [6.45, 7) is 10.1. The van der Waals surface area contributed by atoms with Gasteiger partial charge in [0.05, 0.1) is 6.54 Å². The van der Waals surface area contributed by atoms with E-state index >= 15 is 0 Å². The highest BCUT2D eigenvalue weighted by molar-refractivity contribution is 5.35. The fraction of sp³-hybridized carbons (Fsp3) is 0.375. The number of aryl methyl sites for hydroxylation is 4. The topological polar surface area (TPSA) is 14.2 Å². The van der Waals surface area contributed by atoms with Crippen LogP contribution in [0, 0.1) is 27.7 Å². The summed E-state index contributed by atoms with van der Waals surface area (Å²) in [4.78, 5) is 0. The maximum Gasteiger partial charge on any atom is 0.122 e. The second-order valence-corrected chi connectivity index (χ2v) is 4.89. The molecule has 0 aliphatic heterocycles. The molecular formula is C16H21NO. The molecule has 0 atom stereocenters. The molecule has 0 saturated heterocycles. The molecule has 0 unspecified atom stereocenters. The summed E-state index contributed by atoms with van der Waals surface area (Å²) in [6, 6.07) is 10.6. The number of hydrogen-bond donors (Lipinski definition) is 0. The van der Waals surface area contributed by atoms with E-state index in [1.165, 1.54) is 22.5 Å². The average molecular weight is 243 g/mol. The van der Waals surface area contributed by atoms with E-state index in [1.807, 2.05) is 0 Å². The van der Waals surface area contributed by atoms with Crippen LogP contribution in [0.25, 0.3) is 0 Å². The number of ether oxygens (including phenoxy) is 1. The standard InChI is InChI=1S/C16H21NO/c1-12-5-8-16(13(2)11-12)18-10-9-17-14(3)6-7-15(17)4/h5-8,11H,9-10H2,1-4H3. The van der Waals surface area contributed by atoms with Gasteiger partial charge in [0, 0.05) is 11.4 Å². The first-order valence-electron chi connectivity index (χ1n) is 6.40. The second kappa shape index (κ2) is 5.30. The van der Waals surface area contributed by atoms with Gasteiger partial charge < -0.3 is 9.30 Å². The van der Waals surface area contributed by atoms with Crippen LogP contribution in [0.15, 0.2) is 30.3 Å². The molecule has 2 nitrogen and oxygen atoms in total. The fourth-order valence-corrected chi connectivity index (χ4v) is 2.26. The van der Waals surface area contributed by atoms with E-state index in [9.17, 15) is 0 Å². The number of benzene rings is 1. The van der Waals surface area contributed by atoms with Gasteiger partial charge in [0.15, 0.2) is 0 Å². The van der Waals surface area contributed by atoms with Crippen molar-refractivity contribution in [3.8, 4) is 5.75 Å². The molecule has 96 valence electrons. The van der Waals surface area contributed by atoms with E-state index in [0.29, 0.717) is 6.61 Å². The fourth-order valence-electron chi connectivity index (χ4n) is 2.26. The molecule has 18 heavy (non-hydrogen) atoms. The molecular weight excluding hydrogens is 222 g/mol. The molecule has 1 aromatic carbocycles. The highest BCUT2D eigenvalue weighted by Crippen LogP contribution is 2.18. The lowest BCUT2D eigenvalue weighted by Crippen LogP contribution is -2.11. The Kier molecular flexibility index (Phi) is 3.75. The molecule has 0 bridgehead atoms. The molecule has 0 aliphatic rings. The third-order valence-electron chi connectivity index (χ3n) is 3.32. The van der Waals surface area contributed by atoms with Crippen LogP contribution in [0.1, 0.15) is 22.5 Å².